The SMILES string of the molecule is COC(=O)C1(c2ccc(-c3ccc(-c4snc(C)c4NC(=O)OC(C)c4ccccc4)cc3)cc2)CCC1. The lowest BCUT2D eigenvalue weighted by Crippen LogP contribution is -2.43. The van der Waals surface area contributed by atoms with Crippen molar-refractivity contribution in [2.45, 2.75) is 44.6 Å². The van der Waals surface area contributed by atoms with Crippen molar-refractivity contribution >= 4 is 29.3 Å². The van der Waals surface area contributed by atoms with Gasteiger partial charge < -0.3 is 9.47 Å². The van der Waals surface area contributed by atoms with Crippen LogP contribution in [0.1, 0.15) is 49.1 Å². The summed E-state index contributed by atoms with van der Waals surface area (Å²) in [6, 6.07) is 26.0. The number of anilines is 1. The quantitative estimate of drug-likeness (QED) is 0.250. The summed E-state index contributed by atoms with van der Waals surface area (Å²) < 4.78 is 15.1. The third-order valence-corrected chi connectivity index (χ3v) is 8.33. The van der Waals surface area contributed by atoms with Crippen molar-refractivity contribution in [1.29, 1.82) is 0 Å². The van der Waals surface area contributed by atoms with Crippen molar-refractivity contribution in [3.63, 3.8) is 0 Å². The molecule has 0 saturated heterocycles. The Balaban J connectivity index is 1.30. The van der Waals surface area contributed by atoms with Crippen LogP contribution >= 0.6 is 11.5 Å². The Hall–Kier alpha value is -3.97. The Kier molecular flexibility index (Phi) is 7.29. The number of ether oxygens (including phenoxy) is 2. The van der Waals surface area contributed by atoms with Gasteiger partial charge in [-0.3, -0.25) is 10.1 Å². The second-order valence-corrected chi connectivity index (χ2v) is 10.4. The molecule has 0 aliphatic heterocycles. The molecule has 1 aliphatic rings. The Bertz CT molecular complexity index is 1430. The lowest BCUT2D eigenvalue weighted by atomic mass is 9.64. The summed E-state index contributed by atoms with van der Waals surface area (Å²) in [5.41, 5.74) is 5.94. The van der Waals surface area contributed by atoms with Crippen LogP contribution in [0.25, 0.3) is 21.6 Å². The first-order chi connectivity index (χ1) is 18.4. The van der Waals surface area contributed by atoms with Gasteiger partial charge in [-0.15, -0.1) is 0 Å². The summed E-state index contributed by atoms with van der Waals surface area (Å²) in [6.07, 6.45) is 1.81. The molecule has 1 amide bonds. The molecule has 6 nitrogen and oxygen atoms in total. The fourth-order valence-electron chi connectivity index (χ4n) is 4.93. The molecule has 1 N–H and O–H groups in total. The highest BCUT2D eigenvalue weighted by molar-refractivity contribution is 7.10. The van der Waals surface area contributed by atoms with Crippen LogP contribution in [0.5, 0.6) is 0 Å². The average Bonchev–Trinajstić information content (AvgIpc) is 3.28. The largest absolute Gasteiger partial charge is 0.468 e. The Morgan fingerprint density at radius 3 is 2.11 bits per heavy atom. The van der Waals surface area contributed by atoms with Gasteiger partial charge in [0, 0.05) is 0 Å². The zero-order valence-electron chi connectivity index (χ0n) is 21.7. The van der Waals surface area contributed by atoms with E-state index in [9.17, 15) is 9.59 Å². The van der Waals surface area contributed by atoms with Gasteiger partial charge in [-0.25, -0.2) is 4.79 Å². The number of benzene rings is 3. The zero-order valence-corrected chi connectivity index (χ0v) is 22.5. The fourth-order valence-corrected chi connectivity index (χ4v) is 5.78. The third-order valence-electron chi connectivity index (χ3n) is 7.34. The van der Waals surface area contributed by atoms with Gasteiger partial charge >= 0.3 is 12.1 Å². The molecule has 0 bridgehead atoms. The van der Waals surface area contributed by atoms with Crippen LogP contribution in [0.4, 0.5) is 10.5 Å². The van der Waals surface area contributed by atoms with Crippen molar-refractivity contribution in [2.24, 2.45) is 0 Å². The minimum atomic E-state index is -0.515. The van der Waals surface area contributed by atoms with Gasteiger partial charge in [-0.1, -0.05) is 85.3 Å². The summed E-state index contributed by atoms with van der Waals surface area (Å²) in [7, 11) is 1.46. The lowest BCUT2D eigenvalue weighted by Gasteiger charge is -2.39. The molecule has 1 unspecified atom stereocenters. The van der Waals surface area contributed by atoms with E-state index < -0.39 is 11.5 Å². The van der Waals surface area contributed by atoms with E-state index in [4.69, 9.17) is 9.47 Å². The predicted octanol–water partition coefficient (Wildman–Crippen LogP) is 7.69. The minimum Gasteiger partial charge on any atom is -0.468 e. The highest BCUT2D eigenvalue weighted by atomic mass is 32.1. The van der Waals surface area contributed by atoms with Gasteiger partial charge in [0.1, 0.15) is 6.10 Å². The molecule has 3 aromatic carbocycles. The number of carbonyl (C=O) groups is 2. The third kappa shape index (κ3) is 4.94. The van der Waals surface area contributed by atoms with E-state index in [1.54, 1.807) is 0 Å². The monoisotopic (exact) mass is 526 g/mol. The van der Waals surface area contributed by atoms with Crippen molar-refractivity contribution in [3.05, 3.63) is 95.7 Å². The topological polar surface area (TPSA) is 77.5 Å². The number of aromatic nitrogens is 1. The number of esters is 1. The van der Waals surface area contributed by atoms with Crippen molar-refractivity contribution in [2.75, 3.05) is 12.4 Å². The number of nitrogens with zero attached hydrogens (tertiary/aromatic N) is 1. The van der Waals surface area contributed by atoms with E-state index >= 15 is 0 Å². The molecule has 1 aromatic heterocycles. The fraction of sp³-hybridized carbons (Fsp3) is 0.258. The molecule has 1 aliphatic carbocycles. The van der Waals surface area contributed by atoms with Crippen LogP contribution < -0.4 is 5.32 Å². The van der Waals surface area contributed by atoms with Crippen LogP contribution in [-0.4, -0.2) is 23.5 Å². The first kappa shape index (κ1) is 25.7. The Morgan fingerprint density at radius 2 is 1.53 bits per heavy atom. The summed E-state index contributed by atoms with van der Waals surface area (Å²) >= 11 is 1.34. The maximum absolute atomic E-state index is 12.7. The summed E-state index contributed by atoms with van der Waals surface area (Å²) in [4.78, 5) is 25.9. The second kappa shape index (κ2) is 10.8. The van der Waals surface area contributed by atoms with Gasteiger partial charge in [0.25, 0.3) is 0 Å². The highest BCUT2D eigenvalue weighted by Gasteiger charge is 2.46. The summed E-state index contributed by atoms with van der Waals surface area (Å²) in [5, 5.41) is 2.90. The van der Waals surface area contributed by atoms with Crippen LogP contribution in [-0.2, 0) is 19.7 Å². The molecule has 1 saturated carbocycles. The van der Waals surface area contributed by atoms with Gasteiger partial charge in [-0.2, -0.15) is 4.37 Å². The summed E-state index contributed by atoms with van der Waals surface area (Å²) in [6.45, 7) is 3.72. The molecule has 194 valence electrons. The van der Waals surface area contributed by atoms with Gasteiger partial charge in [-0.05, 0) is 66.0 Å². The Labute approximate surface area is 226 Å². The molecule has 0 spiro atoms. The molecule has 1 atom stereocenters. The number of hydrogen-bond acceptors (Lipinski definition) is 6. The Morgan fingerprint density at radius 1 is 0.921 bits per heavy atom. The first-order valence-electron chi connectivity index (χ1n) is 12.7. The lowest BCUT2D eigenvalue weighted by molar-refractivity contribution is -0.151. The van der Waals surface area contributed by atoms with E-state index in [0.717, 1.165) is 57.7 Å². The summed E-state index contributed by atoms with van der Waals surface area (Å²) in [5.74, 6) is -0.150. The maximum Gasteiger partial charge on any atom is 0.412 e. The zero-order chi connectivity index (χ0) is 26.7. The normalized spacial score (nSPS) is 14.7. The highest BCUT2D eigenvalue weighted by Crippen LogP contribution is 2.45. The molecule has 0 radical (unpaired) electrons. The molecule has 1 fully saturated rings. The van der Waals surface area contributed by atoms with E-state index in [-0.39, 0.29) is 12.1 Å². The van der Waals surface area contributed by atoms with E-state index in [1.165, 1.54) is 18.6 Å². The molecule has 38 heavy (non-hydrogen) atoms. The van der Waals surface area contributed by atoms with E-state index in [1.807, 2.05) is 68.4 Å². The van der Waals surface area contributed by atoms with Gasteiger partial charge in [0.05, 0.1) is 28.8 Å². The standard InChI is InChI=1S/C31H30N2O4S/c1-20-27(32-30(35)37-21(2)22-8-5-4-6-9-22)28(38-33-20)25-12-10-23(11-13-25)24-14-16-26(17-15-24)31(18-7-19-31)29(34)36-3/h4-6,8-17,21H,7,18-19H2,1-3H3,(H,32,35). The minimum absolute atomic E-state index is 0.150. The average molecular weight is 527 g/mol. The van der Waals surface area contributed by atoms with Crippen LogP contribution in [0.3, 0.4) is 0 Å². The maximum atomic E-state index is 12.7. The molecular formula is C31H30N2O4S. The van der Waals surface area contributed by atoms with Crippen molar-refractivity contribution < 1.29 is 19.1 Å². The number of methoxy groups -OCH3 is 1. The molecular weight excluding hydrogens is 496 g/mol. The molecule has 1 heterocycles. The van der Waals surface area contributed by atoms with Crippen LogP contribution in [0.2, 0.25) is 0 Å². The molecule has 7 heteroatoms. The van der Waals surface area contributed by atoms with Crippen molar-refractivity contribution in [3.8, 4) is 21.6 Å². The number of rotatable bonds is 7. The van der Waals surface area contributed by atoms with Gasteiger partial charge in [0.15, 0.2) is 0 Å². The number of amides is 1. The smallest absolute Gasteiger partial charge is 0.412 e. The number of nitrogens with one attached hydrogen (secondary N) is 1. The molecule has 5 rings (SSSR count). The van der Waals surface area contributed by atoms with E-state index in [0.29, 0.717) is 5.69 Å². The number of aryl methyl sites for hydroxylation is 1. The first-order valence-corrected chi connectivity index (χ1v) is 13.5. The van der Waals surface area contributed by atoms with Crippen LogP contribution in [0.15, 0.2) is 78.9 Å². The number of carbonyl (C=O) groups excluding carboxylic acids is 2. The van der Waals surface area contributed by atoms with Gasteiger partial charge in [0.2, 0.25) is 0 Å². The predicted molar refractivity (Wildman–Crippen MR) is 150 cm³/mol. The molecule has 4 aromatic rings. The second-order valence-electron chi connectivity index (χ2n) is 9.64. The van der Waals surface area contributed by atoms with E-state index in [2.05, 4.69) is 34.0 Å². The van der Waals surface area contributed by atoms with Crippen molar-refractivity contribution in [1.82, 2.24) is 4.37 Å². The van der Waals surface area contributed by atoms with Crippen LogP contribution in [0, 0.1) is 6.92 Å². The number of hydrogen-bond donors (Lipinski definition) is 1.